The van der Waals surface area contributed by atoms with Gasteiger partial charge in [-0.3, -0.25) is 14.7 Å². The molecular weight excluding hydrogens is 439 g/mol. The number of aromatic nitrogens is 3. The second-order valence-electron chi connectivity index (χ2n) is 6.77. The summed E-state index contributed by atoms with van der Waals surface area (Å²) in [5.41, 5.74) is 1.27. The molecule has 1 aromatic heterocycles. The molecule has 0 saturated heterocycles. The second-order valence-corrected chi connectivity index (χ2v) is 7.71. The zero-order valence-corrected chi connectivity index (χ0v) is 17.7. The summed E-state index contributed by atoms with van der Waals surface area (Å²) in [6.07, 6.45) is 1.69. The number of para-hydroxylation sites is 1. The van der Waals surface area contributed by atoms with Crippen molar-refractivity contribution in [2.24, 2.45) is 0 Å². The van der Waals surface area contributed by atoms with Gasteiger partial charge in [0, 0.05) is 35.6 Å². The predicted octanol–water partition coefficient (Wildman–Crippen LogP) is 4.25. The van der Waals surface area contributed by atoms with Crippen molar-refractivity contribution in [2.45, 2.75) is 30.7 Å². The first kappa shape index (κ1) is 21.8. The summed E-state index contributed by atoms with van der Waals surface area (Å²) in [6, 6.07) is 9.07. The summed E-state index contributed by atoms with van der Waals surface area (Å²) >= 11 is 1.35. The first-order valence-electron chi connectivity index (χ1n) is 9.60. The van der Waals surface area contributed by atoms with Crippen LogP contribution in [0.3, 0.4) is 0 Å². The first-order valence-corrected chi connectivity index (χ1v) is 10.6. The lowest BCUT2D eigenvalue weighted by atomic mass is 10.1. The van der Waals surface area contributed by atoms with Gasteiger partial charge in [0.1, 0.15) is 12.4 Å². The number of halogens is 1. The normalized spacial score (nSPS) is 12.7. The van der Waals surface area contributed by atoms with E-state index in [9.17, 15) is 14.5 Å². The fourth-order valence-electron chi connectivity index (χ4n) is 3.18. The van der Waals surface area contributed by atoms with E-state index in [1.807, 2.05) is 0 Å². The Hall–Kier alpha value is -3.44. The number of hydrogen-bond donors (Lipinski definition) is 0. The van der Waals surface area contributed by atoms with Gasteiger partial charge >= 0.3 is 0 Å². The number of nitro benzene ring substituents is 1. The van der Waals surface area contributed by atoms with E-state index in [0.717, 1.165) is 0 Å². The lowest BCUT2D eigenvalue weighted by Crippen LogP contribution is -2.13. The fraction of sp³-hybridized carbons (Fsp3) is 0.238. The van der Waals surface area contributed by atoms with Crippen LogP contribution in [0, 0.1) is 15.9 Å². The van der Waals surface area contributed by atoms with Crippen molar-refractivity contribution in [1.29, 1.82) is 0 Å². The molecule has 9 nitrogen and oxygen atoms in total. The molecule has 0 spiro atoms. The van der Waals surface area contributed by atoms with E-state index in [1.165, 1.54) is 36.0 Å². The topological polar surface area (TPSA) is 102 Å². The van der Waals surface area contributed by atoms with Gasteiger partial charge in [-0.05, 0) is 12.1 Å². The third-order valence-corrected chi connectivity index (χ3v) is 5.65. The van der Waals surface area contributed by atoms with Crippen molar-refractivity contribution in [3.05, 3.63) is 81.9 Å². The minimum absolute atomic E-state index is 0.0228. The molecule has 0 radical (unpaired) electrons. The van der Waals surface area contributed by atoms with Crippen molar-refractivity contribution in [1.82, 2.24) is 14.8 Å². The Kier molecular flexibility index (Phi) is 6.66. The van der Waals surface area contributed by atoms with E-state index in [4.69, 9.17) is 14.2 Å². The van der Waals surface area contributed by atoms with Crippen LogP contribution in [0.25, 0.3) is 0 Å². The summed E-state index contributed by atoms with van der Waals surface area (Å²) in [7, 11) is 0. The van der Waals surface area contributed by atoms with Crippen LogP contribution in [-0.2, 0) is 30.2 Å². The highest BCUT2D eigenvalue weighted by Crippen LogP contribution is 2.36. The number of fused-ring (bicyclic) bond motifs is 1. The zero-order chi connectivity index (χ0) is 22.5. The third kappa shape index (κ3) is 4.73. The molecule has 166 valence electrons. The molecule has 0 saturated carbocycles. The number of rotatable bonds is 9. The highest BCUT2D eigenvalue weighted by atomic mass is 32.2. The van der Waals surface area contributed by atoms with Crippen LogP contribution in [0.5, 0.6) is 11.5 Å². The van der Waals surface area contributed by atoms with Gasteiger partial charge in [-0.15, -0.1) is 16.8 Å². The molecule has 0 unspecified atom stereocenters. The molecular formula is C21H19FN4O5S. The molecule has 0 atom stereocenters. The van der Waals surface area contributed by atoms with Crippen LogP contribution in [0.15, 0.2) is 54.2 Å². The molecule has 1 aliphatic heterocycles. The quantitative estimate of drug-likeness (QED) is 0.203. The maximum Gasteiger partial charge on any atom is 0.270 e. The lowest BCUT2D eigenvalue weighted by molar-refractivity contribution is -0.385. The van der Waals surface area contributed by atoms with E-state index in [2.05, 4.69) is 16.8 Å². The number of benzene rings is 2. The molecule has 0 fully saturated rings. The zero-order valence-electron chi connectivity index (χ0n) is 16.9. The van der Waals surface area contributed by atoms with Crippen LogP contribution in [0.1, 0.15) is 17.0 Å². The van der Waals surface area contributed by atoms with E-state index in [1.54, 1.807) is 22.8 Å². The first-order chi connectivity index (χ1) is 15.6. The monoisotopic (exact) mass is 458 g/mol. The Labute approximate surface area is 187 Å². The van der Waals surface area contributed by atoms with Gasteiger partial charge < -0.3 is 14.2 Å². The van der Waals surface area contributed by atoms with E-state index in [-0.39, 0.29) is 31.4 Å². The van der Waals surface area contributed by atoms with Crippen LogP contribution in [0.2, 0.25) is 0 Å². The Morgan fingerprint density at radius 1 is 1.34 bits per heavy atom. The van der Waals surface area contributed by atoms with Crippen molar-refractivity contribution in [2.75, 3.05) is 6.79 Å². The number of hydrogen-bond acceptors (Lipinski definition) is 8. The largest absolute Gasteiger partial charge is 0.483 e. The van der Waals surface area contributed by atoms with Gasteiger partial charge in [-0.2, -0.15) is 0 Å². The SMILES string of the molecule is C=CCn1c(COc2ccccc2F)nnc1SCc1cc([N+](=O)[O-])cc2c1OCOC2. The number of thioether (sulfide) groups is 1. The Balaban J connectivity index is 1.54. The van der Waals surface area contributed by atoms with Gasteiger partial charge in [-0.1, -0.05) is 30.0 Å². The van der Waals surface area contributed by atoms with Gasteiger partial charge in [0.25, 0.3) is 5.69 Å². The average Bonchev–Trinajstić information content (AvgIpc) is 3.18. The minimum Gasteiger partial charge on any atom is -0.483 e. The minimum atomic E-state index is -0.462. The maximum atomic E-state index is 13.8. The molecule has 3 aromatic rings. The third-order valence-electron chi connectivity index (χ3n) is 4.64. The maximum absolute atomic E-state index is 13.8. The molecule has 11 heteroatoms. The Morgan fingerprint density at radius 2 is 2.19 bits per heavy atom. The molecule has 2 aromatic carbocycles. The van der Waals surface area contributed by atoms with Crippen LogP contribution in [-0.4, -0.2) is 26.5 Å². The predicted molar refractivity (Wildman–Crippen MR) is 114 cm³/mol. The van der Waals surface area contributed by atoms with Crippen molar-refractivity contribution in [3.63, 3.8) is 0 Å². The standard InChI is InChI=1S/C21H19FN4O5S/c1-2-7-25-19(11-30-18-6-4-3-5-17(18)22)23-24-21(25)32-12-15-9-16(26(27)28)8-14-10-29-13-31-20(14)15/h2-6,8-9H,1,7,10-13H2. The van der Waals surface area contributed by atoms with E-state index < -0.39 is 10.7 Å². The van der Waals surface area contributed by atoms with Crippen molar-refractivity contribution < 1.29 is 23.5 Å². The number of nitrogens with zero attached hydrogens (tertiary/aromatic N) is 4. The van der Waals surface area contributed by atoms with E-state index in [0.29, 0.717) is 40.2 Å². The molecule has 2 heterocycles. The van der Waals surface area contributed by atoms with Gasteiger partial charge in [-0.25, -0.2) is 4.39 Å². The highest BCUT2D eigenvalue weighted by Gasteiger charge is 2.22. The number of nitro groups is 1. The fourth-order valence-corrected chi connectivity index (χ4v) is 4.12. The molecule has 0 amide bonds. The number of ether oxygens (including phenoxy) is 3. The number of allylic oxidation sites excluding steroid dienone is 1. The molecule has 32 heavy (non-hydrogen) atoms. The van der Waals surface area contributed by atoms with Crippen molar-refractivity contribution >= 4 is 17.4 Å². The van der Waals surface area contributed by atoms with Gasteiger partial charge in [0.05, 0.1) is 11.5 Å². The summed E-state index contributed by atoms with van der Waals surface area (Å²) < 4.78 is 32.0. The highest BCUT2D eigenvalue weighted by molar-refractivity contribution is 7.98. The average molecular weight is 458 g/mol. The molecule has 4 rings (SSSR count). The second kappa shape index (κ2) is 9.79. The molecule has 0 N–H and O–H groups in total. The smallest absolute Gasteiger partial charge is 0.270 e. The molecule has 0 aliphatic carbocycles. The van der Waals surface area contributed by atoms with Gasteiger partial charge in [0.15, 0.2) is 29.3 Å². The molecule has 1 aliphatic rings. The lowest BCUT2D eigenvalue weighted by Gasteiger charge is -2.20. The number of non-ortho nitro benzene ring substituents is 1. The van der Waals surface area contributed by atoms with Gasteiger partial charge in [0.2, 0.25) is 0 Å². The van der Waals surface area contributed by atoms with Crippen molar-refractivity contribution in [3.8, 4) is 11.5 Å². The summed E-state index contributed by atoms with van der Waals surface area (Å²) in [5.74, 6) is 1.12. The van der Waals surface area contributed by atoms with Crippen LogP contribution < -0.4 is 9.47 Å². The summed E-state index contributed by atoms with van der Waals surface area (Å²) in [6.45, 7) is 4.54. The Morgan fingerprint density at radius 3 is 2.97 bits per heavy atom. The summed E-state index contributed by atoms with van der Waals surface area (Å²) in [4.78, 5) is 10.9. The van der Waals surface area contributed by atoms with E-state index >= 15 is 0 Å². The van der Waals surface area contributed by atoms with Crippen LogP contribution >= 0.6 is 11.8 Å². The molecule has 0 bridgehead atoms. The summed E-state index contributed by atoms with van der Waals surface area (Å²) in [5, 5.41) is 20.3. The van der Waals surface area contributed by atoms with Crippen LogP contribution in [0.4, 0.5) is 10.1 Å². The Bertz CT molecular complexity index is 1150.